The van der Waals surface area contributed by atoms with Gasteiger partial charge in [-0.2, -0.15) is 0 Å². The number of carbonyl (C=O) groups is 2. The van der Waals surface area contributed by atoms with E-state index >= 15 is 0 Å². The molecule has 7 heteroatoms. The molecular formula is C16H28N2O5. The summed E-state index contributed by atoms with van der Waals surface area (Å²) in [7, 11) is 3.43. The van der Waals surface area contributed by atoms with Crippen LogP contribution in [-0.4, -0.2) is 74.0 Å². The third kappa shape index (κ3) is 5.16. The topological polar surface area (TPSA) is 88.1 Å². The Hall–Kier alpha value is -1.18. The van der Waals surface area contributed by atoms with Gasteiger partial charge in [-0.3, -0.25) is 9.59 Å². The van der Waals surface area contributed by atoms with Crippen molar-refractivity contribution in [3.63, 3.8) is 0 Å². The second-order valence-corrected chi connectivity index (χ2v) is 6.55. The number of aliphatic hydroxyl groups is 1. The quantitative estimate of drug-likeness (QED) is 0.737. The van der Waals surface area contributed by atoms with Gasteiger partial charge in [-0.1, -0.05) is 0 Å². The second-order valence-electron chi connectivity index (χ2n) is 6.55. The average Bonchev–Trinajstić information content (AvgIpc) is 2.56. The Morgan fingerprint density at radius 2 is 1.87 bits per heavy atom. The van der Waals surface area contributed by atoms with E-state index in [0.717, 1.165) is 12.8 Å². The van der Waals surface area contributed by atoms with Gasteiger partial charge in [0.05, 0.1) is 25.2 Å². The summed E-state index contributed by atoms with van der Waals surface area (Å²) in [5.41, 5.74) is 0. The Morgan fingerprint density at radius 1 is 1.17 bits per heavy atom. The van der Waals surface area contributed by atoms with E-state index in [0.29, 0.717) is 32.5 Å². The summed E-state index contributed by atoms with van der Waals surface area (Å²) in [6.07, 6.45) is 2.56. The van der Waals surface area contributed by atoms with Crippen LogP contribution in [0.4, 0.5) is 0 Å². The van der Waals surface area contributed by atoms with E-state index in [1.165, 1.54) is 4.90 Å². The van der Waals surface area contributed by atoms with Crippen molar-refractivity contribution in [3.8, 4) is 0 Å². The van der Waals surface area contributed by atoms with E-state index in [-0.39, 0.29) is 36.5 Å². The van der Waals surface area contributed by atoms with Crippen LogP contribution in [0.3, 0.4) is 0 Å². The average molecular weight is 328 g/mol. The molecule has 2 aliphatic heterocycles. The standard InChI is InChI=1S/C16H28N2O5/c1-18(2)15(20)9-12-3-4-13(14(10-19)23-12)17-16(21)11-5-7-22-8-6-11/h11-14,19H,3-10H2,1-2H3,(H,17,21)/t12-,13+,14+/m1/s1. The van der Waals surface area contributed by atoms with Crippen LogP contribution in [0.2, 0.25) is 0 Å². The smallest absolute Gasteiger partial charge is 0.224 e. The fourth-order valence-corrected chi connectivity index (χ4v) is 3.08. The fraction of sp³-hybridized carbons (Fsp3) is 0.875. The molecule has 0 radical (unpaired) electrons. The highest BCUT2D eigenvalue weighted by Gasteiger charge is 2.34. The number of aliphatic hydroxyl groups excluding tert-OH is 1. The van der Waals surface area contributed by atoms with Gasteiger partial charge < -0.3 is 24.8 Å². The predicted octanol–water partition coefficient (Wildman–Crippen LogP) is -0.0840. The third-order valence-electron chi connectivity index (χ3n) is 4.62. The molecule has 0 unspecified atom stereocenters. The van der Waals surface area contributed by atoms with Crippen molar-refractivity contribution in [3.05, 3.63) is 0 Å². The molecule has 0 aromatic rings. The number of nitrogens with zero attached hydrogens (tertiary/aromatic N) is 1. The van der Waals surface area contributed by atoms with E-state index in [1.54, 1.807) is 14.1 Å². The van der Waals surface area contributed by atoms with Gasteiger partial charge in [0.1, 0.15) is 6.10 Å². The minimum atomic E-state index is -0.451. The third-order valence-corrected chi connectivity index (χ3v) is 4.62. The minimum Gasteiger partial charge on any atom is -0.394 e. The first kappa shape index (κ1) is 18.2. The molecule has 2 saturated heterocycles. The Morgan fingerprint density at radius 3 is 2.48 bits per heavy atom. The van der Waals surface area contributed by atoms with Crippen LogP contribution < -0.4 is 5.32 Å². The van der Waals surface area contributed by atoms with Crippen molar-refractivity contribution >= 4 is 11.8 Å². The van der Waals surface area contributed by atoms with Crippen molar-refractivity contribution in [1.82, 2.24) is 10.2 Å². The molecule has 0 aromatic heterocycles. The summed E-state index contributed by atoms with van der Waals surface area (Å²) in [5.74, 6) is 0.00989. The van der Waals surface area contributed by atoms with Crippen LogP contribution in [0, 0.1) is 5.92 Å². The van der Waals surface area contributed by atoms with Gasteiger partial charge in [0, 0.05) is 33.2 Å². The zero-order valence-electron chi connectivity index (χ0n) is 14.0. The first-order chi connectivity index (χ1) is 11.0. The summed E-state index contributed by atoms with van der Waals surface area (Å²) in [6, 6.07) is -0.193. The molecule has 23 heavy (non-hydrogen) atoms. The molecule has 2 amide bonds. The second kappa shape index (κ2) is 8.61. The molecule has 0 aliphatic carbocycles. The highest BCUT2D eigenvalue weighted by Crippen LogP contribution is 2.23. The fourth-order valence-electron chi connectivity index (χ4n) is 3.08. The van der Waals surface area contributed by atoms with Gasteiger partial charge in [0.2, 0.25) is 11.8 Å². The number of rotatable bonds is 5. The van der Waals surface area contributed by atoms with Gasteiger partial charge in [-0.15, -0.1) is 0 Å². The Balaban J connectivity index is 1.84. The molecule has 2 fully saturated rings. The maximum absolute atomic E-state index is 12.3. The highest BCUT2D eigenvalue weighted by molar-refractivity contribution is 5.79. The number of ether oxygens (including phenoxy) is 2. The minimum absolute atomic E-state index is 0.0105. The lowest BCUT2D eigenvalue weighted by Gasteiger charge is -2.37. The van der Waals surface area contributed by atoms with E-state index in [9.17, 15) is 14.7 Å². The van der Waals surface area contributed by atoms with Gasteiger partial charge >= 0.3 is 0 Å². The van der Waals surface area contributed by atoms with Gasteiger partial charge in [-0.25, -0.2) is 0 Å². The molecule has 2 N–H and O–H groups in total. The number of amides is 2. The number of hydrogen-bond acceptors (Lipinski definition) is 5. The normalized spacial score (nSPS) is 29.1. The molecular weight excluding hydrogens is 300 g/mol. The van der Waals surface area contributed by atoms with E-state index in [1.807, 2.05) is 0 Å². The first-order valence-electron chi connectivity index (χ1n) is 8.35. The van der Waals surface area contributed by atoms with Gasteiger partial charge in [-0.05, 0) is 25.7 Å². The van der Waals surface area contributed by atoms with Crippen LogP contribution in [0.1, 0.15) is 32.1 Å². The van der Waals surface area contributed by atoms with Crippen LogP contribution >= 0.6 is 0 Å². The Labute approximate surface area is 137 Å². The van der Waals surface area contributed by atoms with Crippen molar-refractivity contribution in [2.75, 3.05) is 33.9 Å². The van der Waals surface area contributed by atoms with E-state index in [2.05, 4.69) is 5.32 Å². The monoisotopic (exact) mass is 328 g/mol. The summed E-state index contributed by atoms with van der Waals surface area (Å²) in [5, 5.41) is 12.6. The van der Waals surface area contributed by atoms with Crippen molar-refractivity contribution in [1.29, 1.82) is 0 Å². The summed E-state index contributed by atoms with van der Waals surface area (Å²) >= 11 is 0. The van der Waals surface area contributed by atoms with Crippen LogP contribution in [-0.2, 0) is 19.1 Å². The maximum atomic E-state index is 12.3. The molecule has 0 bridgehead atoms. The van der Waals surface area contributed by atoms with Gasteiger partial charge in [0.25, 0.3) is 0 Å². The van der Waals surface area contributed by atoms with Crippen LogP contribution in [0.5, 0.6) is 0 Å². The lowest BCUT2D eigenvalue weighted by atomic mass is 9.94. The van der Waals surface area contributed by atoms with Crippen molar-refractivity contribution < 1.29 is 24.2 Å². The lowest BCUT2D eigenvalue weighted by Crippen LogP contribution is -2.53. The molecule has 2 rings (SSSR count). The summed E-state index contributed by atoms with van der Waals surface area (Å²) in [6.45, 7) is 1.08. The van der Waals surface area contributed by atoms with Crippen LogP contribution in [0.25, 0.3) is 0 Å². The number of hydrogen-bond donors (Lipinski definition) is 2. The Bertz CT molecular complexity index is 409. The first-order valence-corrected chi connectivity index (χ1v) is 8.35. The molecule has 0 aromatic carbocycles. The number of carbonyl (C=O) groups excluding carboxylic acids is 2. The van der Waals surface area contributed by atoms with Gasteiger partial charge in [0.15, 0.2) is 0 Å². The summed E-state index contributed by atoms with van der Waals surface area (Å²) < 4.78 is 11.1. The zero-order valence-corrected chi connectivity index (χ0v) is 14.0. The molecule has 132 valence electrons. The highest BCUT2D eigenvalue weighted by atomic mass is 16.5. The van der Waals surface area contributed by atoms with Crippen molar-refractivity contribution in [2.45, 2.75) is 50.4 Å². The number of nitrogens with one attached hydrogen (secondary N) is 1. The predicted molar refractivity (Wildman–Crippen MR) is 83.8 cm³/mol. The molecule has 0 saturated carbocycles. The lowest BCUT2D eigenvalue weighted by molar-refractivity contribution is -0.142. The zero-order chi connectivity index (χ0) is 16.8. The molecule has 3 atom stereocenters. The summed E-state index contributed by atoms with van der Waals surface area (Å²) in [4.78, 5) is 25.6. The van der Waals surface area contributed by atoms with Crippen molar-refractivity contribution in [2.24, 2.45) is 5.92 Å². The van der Waals surface area contributed by atoms with Crippen LogP contribution in [0.15, 0.2) is 0 Å². The molecule has 0 spiro atoms. The molecule has 2 aliphatic rings. The molecule has 2 heterocycles. The SMILES string of the molecule is CN(C)C(=O)C[C@H]1CC[C@H](NC(=O)C2CCOCC2)[C@H](CO)O1. The largest absolute Gasteiger partial charge is 0.394 e. The molecule has 7 nitrogen and oxygen atoms in total. The van der Waals surface area contributed by atoms with E-state index < -0.39 is 6.10 Å². The maximum Gasteiger partial charge on any atom is 0.224 e. The van der Waals surface area contributed by atoms with E-state index in [4.69, 9.17) is 9.47 Å². The Kier molecular flexibility index (Phi) is 6.80.